The van der Waals surface area contributed by atoms with Crippen LogP contribution in [0.3, 0.4) is 0 Å². The summed E-state index contributed by atoms with van der Waals surface area (Å²) in [5.41, 5.74) is 3.30. The lowest BCUT2D eigenvalue weighted by molar-refractivity contribution is 0.124. The van der Waals surface area contributed by atoms with Crippen LogP contribution in [0.5, 0.6) is 5.75 Å². The quantitative estimate of drug-likeness (QED) is 0.434. The SMILES string of the molecule is OCC1CCN(Cc2cc(CN3CCC(CO)CC3)c(O)c(CN3CCC(CO)CC3)c2)CC1. The van der Waals surface area contributed by atoms with Gasteiger partial charge in [-0.1, -0.05) is 0 Å². The molecule has 7 nitrogen and oxygen atoms in total. The normalized spacial score (nSPS) is 23.0. The van der Waals surface area contributed by atoms with Gasteiger partial charge < -0.3 is 20.4 Å². The minimum absolute atomic E-state index is 0.276. The molecule has 34 heavy (non-hydrogen) atoms. The largest absolute Gasteiger partial charge is 0.507 e. The lowest BCUT2D eigenvalue weighted by atomic mass is 9.95. The highest BCUT2D eigenvalue weighted by molar-refractivity contribution is 5.44. The number of likely N-dealkylation sites (tertiary alicyclic amines) is 3. The van der Waals surface area contributed by atoms with E-state index in [1.807, 2.05) is 0 Å². The molecule has 3 fully saturated rings. The van der Waals surface area contributed by atoms with Crippen LogP contribution < -0.4 is 0 Å². The van der Waals surface area contributed by atoms with Crippen LogP contribution >= 0.6 is 0 Å². The smallest absolute Gasteiger partial charge is 0.124 e. The van der Waals surface area contributed by atoms with Gasteiger partial charge in [-0.05, 0) is 113 Å². The molecule has 3 aliphatic rings. The van der Waals surface area contributed by atoms with Crippen LogP contribution in [0.2, 0.25) is 0 Å². The Kier molecular flexibility index (Phi) is 9.62. The van der Waals surface area contributed by atoms with Crippen LogP contribution in [-0.4, -0.2) is 94.2 Å². The molecular formula is C27H45N3O4. The molecule has 1 aromatic rings. The first-order valence-electron chi connectivity index (χ1n) is 13.4. The van der Waals surface area contributed by atoms with Gasteiger partial charge in [0.15, 0.2) is 0 Å². The van der Waals surface area contributed by atoms with Crippen LogP contribution in [0.4, 0.5) is 0 Å². The zero-order valence-corrected chi connectivity index (χ0v) is 20.7. The Balaban J connectivity index is 1.47. The van der Waals surface area contributed by atoms with Gasteiger partial charge in [0.25, 0.3) is 0 Å². The predicted molar refractivity (Wildman–Crippen MR) is 133 cm³/mol. The molecule has 0 radical (unpaired) electrons. The zero-order valence-electron chi connectivity index (χ0n) is 20.7. The third kappa shape index (κ3) is 6.93. The highest BCUT2D eigenvalue weighted by atomic mass is 16.3. The average molecular weight is 476 g/mol. The van der Waals surface area contributed by atoms with Crippen molar-refractivity contribution in [3.8, 4) is 5.75 Å². The molecule has 4 N–H and O–H groups in total. The number of hydrogen-bond donors (Lipinski definition) is 4. The number of phenols is 1. The molecule has 7 heteroatoms. The summed E-state index contributed by atoms with van der Waals surface area (Å²) in [6.45, 7) is 9.13. The lowest BCUT2D eigenvalue weighted by Crippen LogP contribution is -2.35. The molecule has 3 saturated heterocycles. The van der Waals surface area contributed by atoms with Gasteiger partial charge in [-0.3, -0.25) is 14.7 Å². The molecule has 3 aliphatic heterocycles. The Labute approximate surface area is 205 Å². The lowest BCUT2D eigenvalue weighted by Gasteiger charge is -2.33. The van der Waals surface area contributed by atoms with E-state index in [1.54, 1.807) is 0 Å². The summed E-state index contributed by atoms with van der Waals surface area (Å²) >= 11 is 0. The van der Waals surface area contributed by atoms with E-state index < -0.39 is 0 Å². The van der Waals surface area contributed by atoms with E-state index >= 15 is 0 Å². The maximum Gasteiger partial charge on any atom is 0.124 e. The van der Waals surface area contributed by atoms with E-state index in [1.165, 1.54) is 5.56 Å². The summed E-state index contributed by atoms with van der Waals surface area (Å²) < 4.78 is 0. The fraction of sp³-hybridized carbons (Fsp3) is 0.778. The molecule has 4 rings (SSSR count). The molecular weight excluding hydrogens is 430 g/mol. The first-order chi connectivity index (χ1) is 16.6. The predicted octanol–water partition coefficient (Wildman–Crippen LogP) is 2.01. The van der Waals surface area contributed by atoms with Crippen LogP contribution in [0.15, 0.2) is 12.1 Å². The van der Waals surface area contributed by atoms with Gasteiger partial charge in [0, 0.05) is 50.6 Å². The van der Waals surface area contributed by atoms with Crippen molar-refractivity contribution in [1.29, 1.82) is 0 Å². The molecule has 0 atom stereocenters. The summed E-state index contributed by atoms with van der Waals surface area (Å²) in [5.74, 6) is 1.70. The maximum absolute atomic E-state index is 11.3. The van der Waals surface area contributed by atoms with Gasteiger partial charge >= 0.3 is 0 Å². The average Bonchev–Trinajstić information content (AvgIpc) is 2.88. The zero-order chi connectivity index (χ0) is 23.9. The first-order valence-corrected chi connectivity index (χ1v) is 13.4. The molecule has 0 aliphatic carbocycles. The molecule has 0 saturated carbocycles. The molecule has 0 amide bonds. The summed E-state index contributed by atoms with van der Waals surface area (Å²) in [5, 5.41) is 39.7. The number of rotatable bonds is 9. The van der Waals surface area contributed by atoms with Crippen molar-refractivity contribution in [2.24, 2.45) is 17.8 Å². The van der Waals surface area contributed by atoms with Crippen LogP contribution in [0.1, 0.15) is 55.2 Å². The van der Waals surface area contributed by atoms with Crippen molar-refractivity contribution in [1.82, 2.24) is 14.7 Å². The monoisotopic (exact) mass is 475 g/mol. The van der Waals surface area contributed by atoms with Crippen molar-refractivity contribution in [2.75, 3.05) is 59.1 Å². The standard InChI is InChI=1S/C27H45N3O4/c31-18-21-1-7-28(8-2-21)15-24-13-25(16-29-9-3-22(19-32)4-10-29)27(34)26(14-24)17-30-11-5-23(20-33)6-12-30/h13-14,21-23,31-34H,1-12,15-20H2. The fourth-order valence-corrected chi connectivity index (χ4v) is 5.89. The van der Waals surface area contributed by atoms with Gasteiger partial charge in [0.2, 0.25) is 0 Å². The molecule has 3 heterocycles. The second kappa shape index (κ2) is 12.7. The third-order valence-corrected chi connectivity index (χ3v) is 8.42. The Morgan fingerprint density at radius 1 is 0.559 bits per heavy atom. The van der Waals surface area contributed by atoms with Crippen molar-refractivity contribution >= 4 is 0 Å². The molecule has 1 aromatic carbocycles. The highest BCUT2D eigenvalue weighted by Crippen LogP contribution is 2.31. The number of hydrogen-bond acceptors (Lipinski definition) is 7. The van der Waals surface area contributed by atoms with Gasteiger partial charge in [-0.15, -0.1) is 0 Å². The van der Waals surface area contributed by atoms with Crippen LogP contribution in [0, 0.1) is 17.8 Å². The maximum atomic E-state index is 11.3. The molecule has 0 unspecified atom stereocenters. The van der Waals surface area contributed by atoms with E-state index in [-0.39, 0.29) is 13.2 Å². The van der Waals surface area contributed by atoms with Gasteiger partial charge in [0.1, 0.15) is 5.75 Å². The van der Waals surface area contributed by atoms with Crippen molar-refractivity contribution in [3.63, 3.8) is 0 Å². The Hall–Kier alpha value is -1.22. The van der Waals surface area contributed by atoms with Crippen molar-refractivity contribution in [2.45, 2.75) is 58.2 Å². The number of benzene rings is 1. The van der Waals surface area contributed by atoms with Gasteiger partial charge in [-0.2, -0.15) is 0 Å². The summed E-state index contributed by atoms with van der Waals surface area (Å²) in [6.07, 6.45) is 6.17. The number of piperidine rings is 3. The Morgan fingerprint density at radius 3 is 1.21 bits per heavy atom. The first kappa shape index (κ1) is 25.9. The number of aliphatic hydroxyl groups excluding tert-OH is 3. The van der Waals surface area contributed by atoms with Crippen molar-refractivity contribution in [3.05, 3.63) is 28.8 Å². The second-order valence-corrected chi connectivity index (χ2v) is 11.0. The number of aliphatic hydroxyl groups is 3. The van der Waals surface area contributed by atoms with E-state index in [9.17, 15) is 20.4 Å². The summed E-state index contributed by atoms with van der Waals surface area (Å²) in [4.78, 5) is 7.30. The van der Waals surface area contributed by atoms with Crippen molar-refractivity contribution < 1.29 is 20.4 Å². The van der Waals surface area contributed by atoms with E-state index in [2.05, 4.69) is 26.8 Å². The molecule has 192 valence electrons. The number of phenolic OH excluding ortho intramolecular Hbond substituents is 1. The topological polar surface area (TPSA) is 90.6 Å². The van der Waals surface area contributed by atoms with Gasteiger partial charge in [-0.25, -0.2) is 0 Å². The summed E-state index contributed by atoms with van der Waals surface area (Å²) in [7, 11) is 0. The van der Waals surface area contributed by atoms with Crippen LogP contribution in [-0.2, 0) is 19.6 Å². The Morgan fingerprint density at radius 2 is 0.882 bits per heavy atom. The third-order valence-electron chi connectivity index (χ3n) is 8.42. The van der Waals surface area contributed by atoms with Gasteiger partial charge in [0.05, 0.1) is 0 Å². The highest BCUT2D eigenvalue weighted by Gasteiger charge is 2.24. The van der Waals surface area contributed by atoms with E-state index in [0.717, 1.165) is 109 Å². The summed E-state index contributed by atoms with van der Waals surface area (Å²) in [6, 6.07) is 4.40. The second-order valence-electron chi connectivity index (χ2n) is 11.0. The van der Waals surface area contributed by atoms with E-state index in [0.29, 0.717) is 30.1 Å². The Bertz CT molecular complexity index is 705. The van der Waals surface area contributed by atoms with Crippen LogP contribution in [0.25, 0.3) is 0 Å². The fourth-order valence-electron chi connectivity index (χ4n) is 5.89. The number of aromatic hydroxyl groups is 1. The molecule has 0 spiro atoms. The molecule has 0 bridgehead atoms. The minimum atomic E-state index is 0.276. The number of nitrogens with zero attached hydrogens (tertiary/aromatic N) is 3. The molecule has 0 aromatic heterocycles. The van der Waals surface area contributed by atoms with E-state index in [4.69, 9.17) is 0 Å². The minimum Gasteiger partial charge on any atom is -0.507 e.